The lowest BCUT2D eigenvalue weighted by Crippen LogP contribution is -2.27. The third kappa shape index (κ3) is 2.11. The predicted octanol–water partition coefficient (Wildman–Crippen LogP) is 2.20. The number of aromatic carboxylic acids is 1. The van der Waals surface area contributed by atoms with E-state index in [-0.39, 0.29) is 30.6 Å². The topological polar surface area (TPSA) is 76.1 Å². The zero-order chi connectivity index (χ0) is 16.0. The Labute approximate surface area is 131 Å². The van der Waals surface area contributed by atoms with Crippen LogP contribution in [0.15, 0.2) is 36.4 Å². The van der Waals surface area contributed by atoms with Gasteiger partial charge in [0.2, 0.25) is 12.7 Å². The summed E-state index contributed by atoms with van der Waals surface area (Å²) in [4.78, 5) is 25.5. The SMILES string of the molecule is O=C(O)c1c(CN2C(=O)Cc3ccccc32)ccc2c1OCO2. The van der Waals surface area contributed by atoms with E-state index in [9.17, 15) is 14.7 Å². The number of amides is 1. The number of hydrogen-bond donors (Lipinski definition) is 1. The number of para-hydroxylation sites is 1. The molecule has 1 amide bonds. The molecule has 2 aromatic rings. The summed E-state index contributed by atoms with van der Waals surface area (Å²) >= 11 is 0. The van der Waals surface area contributed by atoms with Gasteiger partial charge in [-0.1, -0.05) is 24.3 Å². The molecule has 0 aromatic heterocycles. The molecule has 0 fully saturated rings. The number of ether oxygens (including phenoxy) is 2. The summed E-state index contributed by atoms with van der Waals surface area (Å²) in [5.74, 6) is -0.489. The number of benzene rings is 2. The van der Waals surface area contributed by atoms with Gasteiger partial charge < -0.3 is 19.5 Å². The highest BCUT2D eigenvalue weighted by atomic mass is 16.7. The van der Waals surface area contributed by atoms with E-state index in [1.165, 1.54) is 0 Å². The molecule has 0 unspecified atom stereocenters. The average molecular weight is 311 g/mol. The molecule has 23 heavy (non-hydrogen) atoms. The summed E-state index contributed by atoms with van der Waals surface area (Å²) in [5, 5.41) is 9.53. The minimum Gasteiger partial charge on any atom is -0.478 e. The number of nitrogens with zero attached hydrogens (tertiary/aromatic N) is 1. The molecule has 2 heterocycles. The molecule has 0 saturated heterocycles. The lowest BCUT2D eigenvalue weighted by atomic mass is 10.0. The lowest BCUT2D eigenvalue weighted by Gasteiger charge is -2.19. The summed E-state index contributed by atoms with van der Waals surface area (Å²) < 4.78 is 10.5. The molecular formula is C17H13NO5. The van der Waals surface area contributed by atoms with Crippen LogP contribution in [0.5, 0.6) is 11.5 Å². The van der Waals surface area contributed by atoms with Crippen molar-refractivity contribution in [2.45, 2.75) is 13.0 Å². The van der Waals surface area contributed by atoms with Gasteiger partial charge in [-0.15, -0.1) is 0 Å². The fraction of sp³-hybridized carbons (Fsp3) is 0.176. The van der Waals surface area contributed by atoms with Crippen LogP contribution in [0.2, 0.25) is 0 Å². The van der Waals surface area contributed by atoms with Gasteiger partial charge >= 0.3 is 5.97 Å². The third-order valence-electron chi connectivity index (χ3n) is 4.09. The smallest absolute Gasteiger partial charge is 0.339 e. The summed E-state index contributed by atoms with van der Waals surface area (Å²) in [6.07, 6.45) is 0.336. The second kappa shape index (κ2) is 5.01. The second-order valence-corrected chi connectivity index (χ2v) is 5.42. The molecular weight excluding hydrogens is 298 g/mol. The number of carbonyl (C=O) groups is 2. The molecule has 0 atom stereocenters. The monoisotopic (exact) mass is 311 g/mol. The van der Waals surface area contributed by atoms with Gasteiger partial charge in [0.25, 0.3) is 0 Å². The number of hydrogen-bond acceptors (Lipinski definition) is 4. The van der Waals surface area contributed by atoms with Crippen molar-refractivity contribution in [1.29, 1.82) is 0 Å². The van der Waals surface area contributed by atoms with Crippen LogP contribution in [-0.4, -0.2) is 23.8 Å². The molecule has 0 spiro atoms. The van der Waals surface area contributed by atoms with Crippen molar-refractivity contribution in [3.8, 4) is 11.5 Å². The van der Waals surface area contributed by atoms with Crippen LogP contribution < -0.4 is 14.4 Å². The molecule has 2 aromatic carbocycles. The Hall–Kier alpha value is -3.02. The zero-order valence-corrected chi connectivity index (χ0v) is 12.1. The average Bonchev–Trinajstić information content (AvgIpc) is 3.11. The first-order chi connectivity index (χ1) is 11.1. The van der Waals surface area contributed by atoms with Crippen LogP contribution in [0.25, 0.3) is 0 Å². The first-order valence-corrected chi connectivity index (χ1v) is 7.18. The Morgan fingerprint density at radius 1 is 1.17 bits per heavy atom. The van der Waals surface area contributed by atoms with E-state index in [1.807, 2.05) is 24.3 Å². The fourth-order valence-corrected chi connectivity index (χ4v) is 3.04. The van der Waals surface area contributed by atoms with Crippen LogP contribution in [0.1, 0.15) is 21.5 Å². The van der Waals surface area contributed by atoms with Gasteiger partial charge in [-0.05, 0) is 23.3 Å². The maximum atomic E-state index is 12.3. The van der Waals surface area contributed by atoms with Crippen molar-refractivity contribution in [1.82, 2.24) is 0 Å². The molecule has 0 saturated carbocycles. The van der Waals surface area contributed by atoms with E-state index < -0.39 is 5.97 Å². The molecule has 116 valence electrons. The molecule has 2 aliphatic heterocycles. The quantitative estimate of drug-likeness (QED) is 0.940. The fourth-order valence-electron chi connectivity index (χ4n) is 3.04. The maximum absolute atomic E-state index is 12.3. The number of rotatable bonds is 3. The molecule has 4 rings (SSSR count). The van der Waals surface area contributed by atoms with Crippen LogP contribution >= 0.6 is 0 Å². The van der Waals surface area contributed by atoms with Crippen molar-refractivity contribution in [2.24, 2.45) is 0 Å². The Balaban J connectivity index is 1.76. The van der Waals surface area contributed by atoms with Crippen LogP contribution in [0.4, 0.5) is 5.69 Å². The first-order valence-electron chi connectivity index (χ1n) is 7.18. The Bertz CT molecular complexity index is 830. The standard InChI is InChI=1S/C17H13NO5/c19-14-7-10-3-1-2-4-12(10)18(14)8-11-5-6-13-16(23-9-22-13)15(11)17(20)21/h1-6H,7-9H2,(H,20,21). The summed E-state index contributed by atoms with van der Waals surface area (Å²) in [6.45, 7) is 0.193. The number of anilines is 1. The van der Waals surface area contributed by atoms with E-state index in [0.717, 1.165) is 11.3 Å². The molecule has 0 aliphatic carbocycles. The number of carboxylic acid groups (broad SMARTS) is 1. The number of carbonyl (C=O) groups excluding carboxylic acids is 1. The first kappa shape index (κ1) is 13.6. The van der Waals surface area contributed by atoms with E-state index in [0.29, 0.717) is 17.7 Å². The summed E-state index contributed by atoms with van der Waals surface area (Å²) in [7, 11) is 0. The molecule has 6 nitrogen and oxygen atoms in total. The summed E-state index contributed by atoms with van der Waals surface area (Å²) in [5.41, 5.74) is 2.35. The molecule has 2 aliphatic rings. The lowest BCUT2D eigenvalue weighted by molar-refractivity contribution is -0.117. The maximum Gasteiger partial charge on any atom is 0.339 e. The summed E-state index contributed by atoms with van der Waals surface area (Å²) in [6, 6.07) is 10.9. The van der Waals surface area contributed by atoms with E-state index in [1.54, 1.807) is 17.0 Å². The van der Waals surface area contributed by atoms with Gasteiger partial charge in [-0.2, -0.15) is 0 Å². The van der Waals surface area contributed by atoms with Gasteiger partial charge in [0, 0.05) is 5.69 Å². The van der Waals surface area contributed by atoms with E-state index in [2.05, 4.69) is 0 Å². The van der Waals surface area contributed by atoms with Gasteiger partial charge in [0.05, 0.1) is 13.0 Å². The zero-order valence-electron chi connectivity index (χ0n) is 12.1. The minimum atomic E-state index is -1.10. The van der Waals surface area contributed by atoms with Crippen LogP contribution in [0, 0.1) is 0 Å². The van der Waals surface area contributed by atoms with Gasteiger partial charge in [0.1, 0.15) is 5.56 Å². The number of carboxylic acids is 1. The molecule has 0 radical (unpaired) electrons. The van der Waals surface area contributed by atoms with Crippen molar-refractivity contribution in [3.05, 3.63) is 53.1 Å². The normalized spacial score (nSPS) is 15.0. The molecule has 6 heteroatoms. The second-order valence-electron chi connectivity index (χ2n) is 5.42. The Kier molecular flexibility index (Phi) is 2.97. The van der Waals surface area contributed by atoms with Crippen LogP contribution in [-0.2, 0) is 17.8 Å². The Morgan fingerprint density at radius 3 is 2.83 bits per heavy atom. The van der Waals surface area contributed by atoms with Crippen molar-refractivity contribution >= 4 is 17.6 Å². The van der Waals surface area contributed by atoms with Gasteiger partial charge in [-0.3, -0.25) is 4.79 Å². The van der Waals surface area contributed by atoms with Gasteiger partial charge in [0.15, 0.2) is 11.5 Å². The number of fused-ring (bicyclic) bond motifs is 2. The minimum absolute atomic E-state index is 0.00451. The molecule has 0 bridgehead atoms. The highest BCUT2D eigenvalue weighted by molar-refractivity contribution is 6.02. The highest BCUT2D eigenvalue weighted by Gasteiger charge is 2.31. The van der Waals surface area contributed by atoms with E-state index in [4.69, 9.17) is 9.47 Å². The van der Waals surface area contributed by atoms with Crippen LogP contribution in [0.3, 0.4) is 0 Å². The van der Waals surface area contributed by atoms with Crippen molar-refractivity contribution in [3.63, 3.8) is 0 Å². The van der Waals surface area contributed by atoms with Crippen molar-refractivity contribution in [2.75, 3.05) is 11.7 Å². The Morgan fingerprint density at radius 2 is 2.00 bits per heavy atom. The highest BCUT2D eigenvalue weighted by Crippen LogP contribution is 2.39. The predicted molar refractivity (Wildman–Crippen MR) is 80.9 cm³/mol. The third-order valence-corrected chi connectivity index (χ3v) is 4.09. The van der Waals surface area contributed by atoms with Gasteiger partial charge in [-0.25, -0.2) is 4.79 Å². The van der Waals surface area contributed by atoms with E-state index >= 15 is 0 Å². The molecule has 1 N–H and O–H groups in total. The van der Waals surface area contributed by atoms with Crippen molar-refractivity contribution < 1.29 is 24.2 Å². The largest absolute Gasteiger partial charge is 0.478 e.